The molecule has 4 heteroatoms. The van der Waals surface area contributed by atoms with Crippen LogP contribution in [0.1, 0.15) is 39.5 Å². The van der Waals surface area contributed by atoms with Crippen LogP contribution in [0.5, 0.6) is 0 Å². The monoisotopic (exact) mass is 242 g/mol. The molecule has 0 bridgehead atoms. The number of aliphatic imine (C=N–C) groups is 1. The van der Waals surface area contributed by atoms with E-state index in [-0.39, 0.29) is 0 Å². The Kier molecular flexibility index (Phi) is 4.53. The lowest BCUT2D eigenvalue weighted by Gasteiger charge is -2.26. The van der Waals surface area contributed by atoms with Crippen molar-refractivity contribution >= 4 is 16.9 Å². The van der Waals surface area contributed by atoms with Crippen molar-refractivity contribution in [3.05, 3.63) is 0 Å². The SMILES string of the molecule is CC1CC(C)SC(=NCCC2CCCO2)N1. The summed E-state index contributed by atoms with van der Waals surface area (Å²) in [6.45, 7) is 6.35. The summed E-state index contributed by atoms with van der Waals surface area (Å²) in [4.78, 5) is 4.64. The first-order valence-corrected chi connectivity index (χ1v) is 7.21. The van der Waals surface area contributed by atoms with E-state index < -0.39 is 0 Å². The van der Waals surface area contributed by atoms with E-state index >= 15 is 0 Å². The van der Waals surface area contributed by atoms with Crippen molar-refractivity contribution in [2.75, 3.05) is 13.2 Å². The molecule has 3 atom stereocenters. The Labute approximate surface area is 102 Å². The molecule has 0 radical (unpaired) electrons. The van der Waals surface area contributed by atoms with Crippen LogP contribution in [0.4, 0.5) is 0 Å². The van der Waals surface area contributed by atoms with Crippen LogP contribution in [-0.4, -0.2) is 35.7 Å². The Morgan fingerprint density at radius 2 is 2.38 bits per heavy atom. The average Bonchev–Trinajstić information content (AvgIpc) is 2.69. The normalized spacial score (nSPS) is 37.6. The molecule has 2 aliphatic heterocycles. The molecule has 0 aliphatic carbocycles. The molecule has 2 heterocycles. The molecule has 1 N–H and O–H groups in total. The van der Waals surface area contributed by atoms with Gasteiger partial charge < -0.3 is 10.1 Å². The van der Waals surface area contributed by atoms with Gasteiger partial charge in [0.2, 0.25) is 0 Å². The predicted molar refractivity (Wildman–Crippen MR) is 70.2 cm³/mol. The molecule has 3 nitrogen and oxygen atoms in total. The van der Waals surface area contributed by atoms with E-state index in [4.69, 9.17) is 4.74 Å². The molecule has 0 aromatic heterocycles. The number of amidine groups is 1. The third kappa shape index (κ3) is 3.67. The Balaban J connectivity index is 1.73. The molecule has 0 amide bonds. The average molecular weight is 242 g/mol. The molecule has 92 valence electrons. The lowest BCUT2D eigenvalue weighted by Crippen LogP contribution is -2.38. The Bertz CT molecular complexity index is 239. The fraction of sp³-hybridized carbons (Fsp3) is 0.917. The van der Waals surface area contributed by atoms with Gasteiger partial charge >= 0.3 is 0 Å². The first-order valence-electron chi connectivity index (χ1n) is 6.33. The van der Waals surface area contributed by atoms with Gasteiger partial charge in [-0.15, -0.1) is 0 Å². The second kappa shape index (κ2) is 5.92. The maximum absolute atomic E-state index is 5.59. The zero-order valence-corrected chi connectivity index (χ0v) is 11.1. The van der Waals surface area contributed by atoms with E-state index in [1.165, 1.54) is 19.3 Å². The summed E-state index contributed by atoms with van der Waals surface area (Å²) in [5, 5.41) is 5.27. The van der Waals surface area contributed by atoms with Gasteiger partial charge in [-0.2, -0.15) is 0 Å². The van der Waals surface area contributed by atoms with Gasteiger partial charge in [-0.25, -0.2) is 0 Å². The molecule has 0 saturated carbocycles. The Morgan fingerprint density at radius 1 is 1.50 bits per heavy atom. The van der Waals surface area contributed by atoms with Gasteiger partial charge in [0.25, 0.3) is 0 Å². The van der Waals surface area contributed by atoms with Crippen LogP contribution in [0.3, 0.4) is 0 Å². The molecule has 0 aromatic rings. The van der Waals surface area contributed by atoms with Crippen LogP contribution in [0.15, 0.2) is 4.99 Å². The molecule has 0 spiro atoms. The summed E-state index contributed by atoms with van der Waals surface area (Å²) in [6, 6.07) is 0.567. The molecule has 2 saturated heterocycles. The second-order valence-corrected chi connectivity index (χ2v) is 6.25. The van der Waals surface area contributed by atoms with Crippen molar-refractivity contribution in [1.29, 1.82) is 0 Å². The smallest absolute Gasteiger partial charge is 0.157 e. The number of rotatable bonds is 3. The molecule has 2 fully saturated rings. The standard InChI is InChI=1S/C12H22N2OS/c1-9-8-10(2)16-12(14-9)13-6-5-11-4-3-7-15-11/h9-11H,3-8H2,1-2H3,(H,13,14). The Morgan fingerprint density at radius 3 is 3.06 bits per heavy atom. The first kappa shape index (κ1) is 12.2. The predicted octanol–water partition coefficient (Wildman–Crippen LogP) is 2.42. The minimum Gasteiger partial charge on any atom is -0.378 e. The lowest BCUT2D eigenvalue weighted by atomic mass is 10.2. The van der Waals surface area contributed by atoms with Gasteiger partial charge in [0.1, 0.15) is 0 Å². The highest BCUT2D eigenvalue weighted by atomic mass is 32.2. The van der Waals surface area contributed by atoms with E-state index in [0.717, 1.165) is 24.7 Å². The number of thioether (sulfide) groups is 1. The molecular formula is C12H22N2OS. The van der Waals surface area contributed by atoms with Gasteiger partial charge in [0.15, 0.2) is 5.17 Å². The zero-order chi connectivity index (χ0) is 11.4. The van der Waals surface area contributed by atoms with Crippen LogP contribution >= 0.6 is 11.8 Å². The molecule has 16 heavy (non-hydrogen) atoms. The van der Waals surface area contributed by atoms with Gasteiger partial charge in [-0.3, -0.25) is 4.99 Å². The maximum Gasteiger partial charge on any atom is 0.157 e. The zero-order valence-electron chi connectivity index (χ0n) is 10.2. The number of nitrogens with zero attached hydrogens (tertiary/aromatic N) is 1. The van der Waals surface area contributed by atoms with Crippen LogP contribution in [-0.2, 0) is 4.74 Å². The first-order chi connectivity index (χ1) is 7.74. The minimum absolute atomic E-state index is 0.466. The maximum atomic E-state index is 5.59. The number of nitrogens with one attached hydrogen (secondary N) is 1. The fourth-order valence-electron chi connectivity index (χ4n) is 2.31. The van der Waals surface area contributed by atoms with Gasteiger partial charge in [0, 0.05) is 24.4 Å². The van der Waals surface area contributed by atoms with Crippen molar-refractivity contribution in [3.8, 4) is 0 Å². The third-order valence-corrected chi connectivity index (χ3v) is 4.16. The van der Waals surface area contributed by atoms with Gasteiger partial charge in [-0.1, -0.05) is 18.7 Å². The third-order valence-electron chi connectivity index (χ3n) is 3.10. The van der Waals surface area contributed by atoms with E-state index in [1.807, 2.05) is 11.8 Å². The van der Waals surface area contributed by atoms with Crippen molar-refractivity contribution < 1.29 is 4.74 Å². The second-order valence-electron chi connectivity index (χ2n) is 4.82. The highest BCUT2D eigenvalue weighted by Crippen LogP contribution is 2.22. The van der Waals surface area contributed by atoms with Crippen LogP contribution < -0.4 is 5.32 Å². The highest BCUT2D eigenvalue weighted by Gasteiger charge is 2.20. The van der Waals surface area contributed by atoms with E-state index in [0.29, 0.717) is 17.4 Å². The van der Waals surface area contributed by atoms with Crippen molar-refractivity contribution in [2.45, 2.75) is 56.9 Å². The van der Waals surface area contributed by atoms with Crippen LogP contribution in [0, 0.1) is 0 Å². The number of hydrogen-bond acceptors (Lipinski definition) is 3. The molecule has 0 aromatic carbocycles. The largest absolute Gasteiger partial charge is 0.378 e. The van der Waals surface area contributed by atoms with E-state index in [1.54, 1.807) is 0 Å². The Hall–Kier alpha value is -0.220. The van der Waals surface area contributed by atoms with Crippen molar-refractivity contribution in [1.82, 2.24) is 5.32 Å². The van der Waals surface area contributed by atoms with Gasteiger partial charge in [0.05, 0.1) is 6.10 Å². The molecule has 2 rings (SSSR count). The summed E-state index contributed by atoms with van der Waals surface area (Å²) in [7, 11) is 0. The van der Waals surface area contributed by atoms with E-state index in [9.17, 15) is 0 Å². The van der Waals surface area contributed by atoms with Crippen molar-refractivity contribution in [3.63, 3.8) is 0 Å². The summed E-state index contributed by atoms with van der Waals surface area (Å²) < 4.78 is 5.59. The summed E-state index contributed by atoms with van der Waals surface area (Å²) in [5.41, 5.74) is 0. The minimum atomic E-state index is 0.466. The van der Waals surface area contributed by atoms with Crippen LogP contribution in [0.2, 0.25) is 0 Å². The number of ether oxygens (including phenoxy) is 1. The fourth-order valence-corrected chi connectivity index (χ4v) is 3.51. The van der Waals surface area contributed by atoms with Crippen LogP contribution in [0.25, 0.3) is 0 Å². The van der Waals surface area contributed by atoms with Crippen molar-refractivity contribution in [2.24, 2.45) is 4.99 Å². The molecule has 2 aliphatic rings. The number of hydrogen-bond donors (Lipinski definition) is 1. The van der Waals surface area contributed by atoms with Gasteiger partial charge in [-0.05, 0) is 32.6 Å². The lowest BCUT2D eigenvalue weighted by molar-refractivity contribution is 0.106. The summed E-state index contributed by atoms with van der Waals surface area (Å²) >= 11 is 1.87. The molecular weight excluding hydrogens is 220 g/mol. The van der Waals surface area contributed by atoms with E-state index in [2.05, 4.69) is 24.2 Å². The summed E-state index contributed by atoms with van der Waals surface area (Å²) in [6.07, 6.45) is 5.22. The highest BCUT2D eigenvalue weighted by molar-refractivity contribution is 8.14. The summed E-state index contributed by atoms with van der Waals surface area (Å²) in [5.74, 6) is 0. The topological polar surface area (TPSA) is 33.6 Å². The molecule has 3 unspecified atom stereocenters. The quantitative estimate of drug-likeness (QED) is 0.825.